The molecule has 3 amide bonds. The molecule has 1 atom stereocenters. The molecule has 1 aliphatic rings. The summed E-state index contributed by atoms with van der Waals surface area (Å²) in [6, 6.07) is 10.7. The first-order valence-corrected chi connectivity index (χ1v) is 9.47. The fraction of sp³-hybridized carbons (Fsp3) is 0.273. The minimum absolute atomic E-state index is 0.0286. The summed E-state index contributed by atoms with van der Waals surface area (Å²) in [4.78, 5) is 51.1. The Morgan fingerprint density at radius 1 is 1.00 bits per heavy atom. The Balaban J connectivity index is 1.71. The van der Waals surface area contributed by atoms with Gasteiger partial charge < -0.3 is 10.1 Å². The quantitative estimate of drug-likeness (QED) is 0.557. The summed E-state index contributed by atoms with van der Waals surface area (Å²) < 4.78 is 18.7. The van der Waals surface area contributed by atoms with Gasteiger partial charge in [0.15, 0.2) is 6.61 Å². The van der Waals surface area contributed by atoms with Crippen molar-refractivity contribution in [3.05, 3.63) is 65.5 Å². The number of hydrogen-bond acceptors (Lipinski definition) is 5. The Kier molecular flexibility index (Phi) is 6.25. The van der Waals surface area contributed by atoms with E-state index in [2.05, 4.69) is 5.32 Å². The maximum atomic E-state index is 13.6. The number of halogens is 1. The van der Waals surface area contributed by atoms with Crippen LogP contribution < -0.4 is 5.32 Å². The van der Waals surface area contributed by atoms with Gasteiger partial charge in [0.2, 0.25) is 0 Å². The molecule has 8 heteroatoms. The lowest BCUT2D eigenvalue weighted by Crippen LogP contribution is -2.46. The molecule has 156 valence electrons. The van der Waals surface area contributed by atoms with Crippen molar-refractivity contribution in [3.63, 3.8) is 0 Å². The van der Waals surface area contributed by atoms with Gasteiger partial charge in [-0.15, -0.1) is 0 Å². The summed E-state index contributed by atoms with van der Waals surface area (Å²) in [6.07, 6.45) is 0.180. The first-order valence-electron chi connectivity index (χ1n) is 9.47. The molecule has 0 spiro atoms. The van der Waals surface area contributed by atoms with E-state index in [9.17, 15) is 23.6 Å². The second-order valence-corrected chi connectivity index (χ2v) is 7.31. The van der Waals surface area contributed by atoms with Crippen LogP contribution in [0.25, 0.3) is 0 Å². The number of esters is 1. The molecule has 2 aromatic carbocycles. The predicted molar refractivity (Wildman–Crippen MR) is 106 cm³/mol. The normalized spacial score (nSPS) is 13.9. The Hall–Kier alpha value is -3.55. The van der Waals surface area contributed by atoms with E-state index in [0.717, 1.165) is 4.90 Å². The van der Waals surface area contributed by atoms with Gasteiger partial charge in [0, 0.05) is 0 Å². The Labute approximate surface area is 172 Å². The molecule has 1 N–H and O–H groups in total. The third-order valence-electron chi connectivity index (χ3n) is 4.60. The number of amides is 3. The molecule has 0 fully saturated rings. The minimum atomic E-state index is -1.17. The van der Waals surface area contributed by atoms with Crippen molar-refractivity contribution in [2.45, 2.75) is 26.3 Å². The fourth-order valence-corrected chi connectivity index (χ4v) is 3.23. The largest absolute Gasteiger partial charge is 0.454 e. The number of carbonyl (C=O) groups excluding carboxylic acids is 4. The highest BCUT2D eigenvalue weighted by molar-refractivity contribution is 6.22. The van der Waals surface area contributed by atoms with Crippen molar-refractivity contribution in [2.24, 2.45) is 5.92 Å². The van der Waals surface area contributed by atoms with E-state index in [-0.39, 0.29) is 29.2 Å². The number of hydrogen-bond donors (Lipinski definition) is 1. The van der Waals surface area contributed by atoms with E-state index in [1.54, 1.807) is 18.2 Å². The molecule has 0 aromatic heterocycles. The van der Waals surface area contributed by atoms with Gasteiger partial charge in [0.1, 0.15) is 11.9 Å². The molecule has 0 saturated heterocycles. The summed E-state index contributed by atoms with van der Waals surface area (Å²) in [7, 11) is 0. The van der Waals surface area contributed by atoms with Crippen molar-refractivity contribution in [1.29, 1.82) is 0 Å². The van der Waals surface area contributed by atoms with Crippen molar-refractivity contribution >= 4 is 29.4 Å². The van der Waals surface area contributed by atoms with E-state index in [4.69, 9.17) is 4.74 Å². The first-order chi connectivity index (χ1) is 14.3. The molecular weight excluding hydrogens is 391 g/mol. The third-order valence-corrected chi connectivity index (χ3v) is 4.60. The number of para-hydroxylation sites is 1. The van der Waals surface area contributed by atoms with Gasteiger partial charge in [-0.2, -0.15) is 0 Å². The Bertz CT molecular complexity index is 970. The summed E-state index contributed by atoms with van der Waals surface area (Å²) in [5, 5.41) is 2.31. The molecule has 0 radical (unpaired) electrons. The highest BCUT2D eigenvalue weighted by atomic mass is 19.1. The monoisotopic (exact) mass is 412 g/mol. The van der Waals surface area contributed by atoms with Gasteiger partial charge in [-0.1, -0.05) is 38.1 Å². The molecule has 7 nitrogen and oxygen atoms in total. The smallest absolute Gasteiger partial charge is 0.329 e. The van der Waals surface area contributed by atoms with Crippen LogP contribution in [0.2, 0.25) is 0 Å². The van der Waals surface area contributed by atoms with Crippen LogP contribution in [0.4, 0.5) is 10.1 Å². The van der Waals surface area contributed by atoms with E-state index in [1.807, 2.05) is 13.8 Å². The van der Waals surface area contributed by atoms with E-state index in [0.29, 0.717) is 0 Å². The number of ether oxygens (including phenoxy) is 1. The van der Waals surface area contributed by atoms with Crippen LogP contribution in [-0.2, 0) is 14.3 Å². The average molecular weight is 412 g/mol. The SMILES string of the molecule is CC(C)C[C@@H](C(=O)OCC(=O)Nc1ccccc1F)N1C(=O)c2ccccc2C1=O. The number of anilines is 1. The number of benzene rings is 2. The van der Waals surface area contributed by atoms with Crippen LogP contribution in [0.1, 0.15) is 41.0 Å². The number of imide groups is 1. The summed E-state index contributed by atoms with van der Waals surface area (Å²) >= 11 is 0. The second-order valence-electron chi connectivity index (χ2n) is 7.31. The van der Waals surface area contributed by atoms with Crippen molar-refractivity contribution < 1.29 is 28.3 Å². The summed E-state index contributed by atoms with van der Waals surface area (Å²) in [6.45, 7) is 3.00. The van der Waals surface area contributed by atoms with Crippen LogP contribution in [-0.4, -0.2) is 41.2 Å². The summed E-state index contributed by atoms with van der Waals surface area (Å²) in [5.41, 5.74) is 0.403. The molecule has 30 heavy (non-hydrogen) atoms. The number of rotatable bonds is 7. The van der Waals surface area contributed by atoms with E-state index >= 15 is 0 Å². The highest BCUT2D eigenvalue weighted by Crippen LogP contribution is 2.27. The molecule has 0 aliphatic carbocycles. The lowest BCUT2D eigenvalue weighted by molar-refractivity contribution is -0.151. The van der Waals surface area contributed by atoms with Gasteiger partial charge in [0.05, 0.1) is 16.8 Å². The molecular formula is C22H21FN2O5. The van der Waals surface area contributed by atoms with Gasteiger partial charge in [0.25, 0.3) is 17.7 Å². The standard InChI is InChI=1S/C22H21FN2O5/c1-13(2)11-18(25-20(27)14-7-3-4-8-15(14)21(25)28)22(29)30-12-19(26)24-17-10-6-5-9-16(17)23/h3-10,13,18H,11-12H2,1-2H3,(H,24,26)/t18-/m0/s1. The molecule has 0 unspecified atom stereocenters. The third kappa shape index (κ3) is 4.37. The van der Waals surface area contributed by atoms with Gasteiger partial charge in [-0.3, -0.25) is 19.3 Å². The average Bonchev–Trinajstić information content (AvgIpc) is 2.97. The molecule has 3 rings (SSSR count). The van der Waals surface area contributed by atoms with Gasteiger partial charge in [-0.05, 0) is 36.6 Å². The summed E-state index contributed by atoms with van der Waals surface area (Å²) in [5.74, 6) is -3.41. The van der Waals surface area contributed by atoms with E-state index in [1.165, 1.54) is 30.3 Å². The molecule has 2 aromatic rings. The van der Waals surface area contributed by atoms with Gasteiger partial charge in [-0.25, -0.2) is 9.18 Å². The molecule has 0 bridgehead atoms. The predicted octanol–water partition coefficient (Wildman–Crippen LogP) is 3.02. The van der Waals surface area contributed by atoms with Gasteiger partial charge >= 0.3 is 5.97 Å². The van der Waals surface area contributed by atoms with Crippen molar-refractivity contribution in [3.8, 4) is 0 Å². The second kappa shape index (κ2) is 8.86. The fourth-order valence-electron chi connectivity index (χ4n) is 3.23. The zero-order valence-corrected chi connectivity index (χ0v) is 16.6. The lowest BCUT2D eigenvalue weighted by atomic mass is 10.0. The minimum Gasteiger partial charge on any atom is -0.454 e. The highest BCUT2D eigenvalue weighted by Gasteiger charge is 2.43. The lowest BCUT2D eigenvalue weighted by Gasteiger charge is -2.25. The maximum absolute atomic E-state index is 13.6. The molecule has 1 aliphatic heterocycles. The molecule has 0 saturated carbocycles. The number of carbonyl (C=O) groups is 4. The van der Waals surface area contributed by atoms with Crippen LogP contribution >= 0.6 is 0 Å². The van der Waals surface area contributed by atoms with Crippen LogP contribution in [0.3, 0.4) is 0 Å². The zero-order chi connectivity index (χ0) is 21.8. The van der Waals surface area contributed by atoms with E-state index < -0.39 is 42.2 Å². The molecule has 1 heterocycles. The Morgan fingerprint density at radius 2 is 1.57 bits per heavy atom. The van der Waals surface area contributed by atoms with Crippen molar-refractivity contribution in [1.82, 2.24) is 4.90 Å². The number of fused-ring (bicyclic) bond motifs is 1. The Morgan fingerprint density at radius 3 is 2.13 bits per heavy atom. The van der Waals surface area contributed by atoms with Crippen LogP contribution in [0, 0.1) is 11.7 Å². The zero-order valence-electron chi connectivity index (χ0n) is 16.6. The first kappa shape index (κ1) is 21.2. The number of nitrogens with one attached hydrogen (secondary N) is 1. The van der Waals surface area contributed by atoms with Crippen LogP contribution in [0.5, 0.6) is 0 Å². The number of nitrogens with zero attached hydrogens (tertiary/aromatic N) is 1. The topological polar surface area (TPSA) is 92.8 Å². The van der Waals surface area contributed by atoms with Crippen molar-refractivity contribution in [2.75, 3.05) is 11.9 Å². The van der Waals surface area contributed by atoms with Crippen LogP contribution in [0.15, 0.2) is 48.5 Å². The maximum Gasteiger partial charge on any atom is 0.329 e.